The molecule has 0 heterocycles. The van der Waals surface area contributed by atoms with E-state index in [2.05, 4.69) is 21.2 Å². The van der Waals surface area contributed by atoms with Gasteiger partial charge in [-0.25, -0.2) is 0 Å². The second-order valence-electron chi connectivity index (χ2n) is 5.15. The van der Waals surface area contributed by atoms with Gasteiger partial charge in [0.1, 0.15) is 23.1 Å². The molecular weight excluding hydrogens is 418 g/mol. The summed E-state index contributed by atoms with van der Waals surface area (Å²) in [5, 5.41) is 22.7. The molecule has 0 spiro atoms. The Morgan fingerprint density at radius 1 is 1.26 bits per heavy atom. The zero-order valence-corrected chi connectivity index (χ0v) is 15.9. The highest BCUT2D eigenvalue weighted by atomic mass is 79.9. The third kappa shape index (κ3) is 4.83. The molecular formula is C18H14BrN3O5. The number of nitriles is 1. The number of rotatable bonds is 6. The van der Waals surface area contributed by atoms with Crippen LogP contribution in [0.4, 0.5) is 11.4 Å². The molecule has 0 aliphatic heterocycles. The first-order valence-electron chi connectivity index (χ1n) is 7.48. The van der Waals surface area contributed by atoms with Crippen LogP contribution >= 0.6 is 15.9 Å². The Kier molecular flexibility index (Phi) is 6.51. The Morgan fingerprint density at radius 3 is 2.56 bits per heavy atom. The van der Waals surface area contributed by atoms with Crippen molar-refractivity contribution in [1.82, 2.24) is 0 Å². The Bertz CT molecular complexity index is 966. The number of non-ortho nitro benzene ring substituents is 1. The van der Waals surface area contributed by atoms with Crippen molar-refractivity contribution in [3.8, 4) is 17.6 Å². The van der Waals surface area contributed by atoms with Gasteiger partial charge in [0.2, 0.25) is 0 Å². The molecule has 0 bridgehead atoms. The molecule has 138 valence electrons. The first-order chi connectivity index (χ1) is 12.9. The summed E-state index contributed by atoms with van der Waals surface area (Å²) >= 11 is 3.17. The van der Waals surface area contributed by atoms with Gasteiger partial charge in [-0.2, -0.15) is 5.26 Å². The van der Waals surface area contributed by atoms with E-state index >= 15 is 0 Å². The fourth-order valence-corrected chi connectivity index (χ4v) is 2.62. The van der Waals surface area contributed by atoms with Crippen molar-refractivity contribution in [2.75, 3.05) is 19.5 Å². The average molecular weight is 432 g/mol. The lowest BCUT2D eigenvalue weighted by molar-refractivity contribution is -0.384. The van der Waals surface area contributed by atoms with Crippen LogP contribution in [0.1, 0.15) is 5.56 Å². The number of anilines is 1. The minimum absolute atomic E-state index is 0.126. The highest BCUT2D eigenvalue weighted by molar-refractivity contribution is 9.10. The summed E-state index contributed by atoms with van der Waals surface area (Å²) in [4.78, 5) is 22.6. The predicted octanol–water partition coefficient (Wildman–Crippen LogP) is 3.92. The SMILES string of the molecule is COc1ccc(/C=C(\C#N)C(=O)Nc2ccc([N+](=O)[O-])cc2Br)c(OC)c1. The molecule has 1 N–H and O–H groups in total. The van der Waals surface area contributed by atoms with Crippen LogP contribution in [-0.4, -0.2) is 25.1 Å². The summed E-state index contributed by atoms with van der Waals surface area (Å²) in [6.07, 6.45) is 1.38. The summed E-state index contributed by atoms with van der Waals surface area (Å²) in [6.45, 7) is 0. The Labute approximate surface area is 163 Å². The summed E-state index contributed by atoms with van der Waals surface area (Å²) in [5.41, 5.74) is 0.531. The summed E-state index contributed by atoms with van der Waals surface area (Å²) < 4.78 is 10.7. The summed E-state index contributed by atoms with van der Waals surface area (Å²) in [7, 11) is 2.98. The third-order valence-electron chi connectivity index (χ3n) is 3.52. The molecule has 2 rings (SSSR count). The number of amides is 1. The van der Waals surface area contributed by atoms with E-state index in [1.807, 2.05) is 6.07 Å². The predicted molar refractivity (Wildman–Crippen MR) is 103 cm³/mol. The maximum Gasteiger partial charge on any atom is 0.270 e. The normalized spacial score (nSPS) is 10.7. The third-order valence-corrected chi connectivity index (χ3v) is 4.17. The van der Waals surface area contributed by atoms with Crippen LogP contribution in [0.3, 0.4) is 0 Å². The van der Waals surface area contributed by atoms with Gasteiger partial charge < -0.3 is 14.8 Å². The number of nitro groups is 1. The van der Waals surface area contributed by atoms with E-state index in [9.17, 15) is 20.2 Å². The van der Waals surface area contributed by atoms with Crippen LogP contribution in [0.15, 0.2) is 46.4 Å². The molecule has 27 heavy (non-hydrogen) atoms. The lowest BCUT2D eigenvalue weighted by Crippen LogP contribution is -2.14. The van der Waals surface area contributed by atoms with E-state index in [-0.39, 0.29) is 11.3 Å². The van der Waals surface area contributed by atoms with Gasteiger partial charge in [-0.3, -0.25) is 14.9 Å². The summed E-state index contributed by atoms with van der Waals surface area (Å²) in [6, 6.07) is 10.7. The van der Waals surface area contributed by atoms with Gasteiger partial charge in [0.15, 0.2) is 0 Å². The van der Waals surface area contributed by atoms with Gasteiger partial charge in [0, 0.05) is 28.2 Å². The second-order valence-corrected chi connectivity index (χ2v) is 6.01. The largest absolute Gasteiger partial charge is 0.497 e. The molecule has 0 aliphatic rings. The van der Waals surface area contributed by atoms with Crippen molar-refractivity contribution < 1.29 is 19.2 Å². The number of benzene rings is 2. The molecule has 0 fully saturated rings. The molecule has 0 saturated heterocycles. The smallest absolute Gasteiger partial charge is 0.270 e. The number of nitrogens with one attached hydrogen (secondary N) is 1. The number of hydrogen-bond donors (Lipinski definition) is 1. The monoisotopic (exact) mass is 431 g/mol. The number of hydrogen-bond acceptors (Lipinski definition) is 6. The van der Waals surface area contributed by atoms with Crippen LogP contribution < -0.4 is 14.8 Å². The molecule has 8 nitrogen and oxygen atoms in total. The van der Waals surface area contributed by atoms with E-state index in [0.29, 0.717) is 27.2 Å². The number of halogens is 1. The minimum atomic E-state index is -0.662. The molecule has 0 aromatic heterocycles. The molecule has 0 atom stereocenters. The van der Waals surface area contributed by atoms with E-state index in [1.165, 1.54) is 38.5 Å². The first kappa shape index (κ1) is 19.9. The van der Waals surface area contributed by atoms with E-state index in [1.54, 1.807) is 18.2 Å². The highest BCUT2D eigenvalue weighted by Gasteiger charge is 2.15. The van der Waals surface area contributed by atoms with Crippen molar-refractivity contribution in [1.29, 1.82) is 5.26 Å². The molecule has 0 radical (unpaired) electrons. The van der Waals surface area contributed by atoms with E-state index < -0.39 is 10.8 Å². The maximum absolute atomic E-state index is 12.4. The number of methoxy groups -OCH3 is 2. The molecule has 2 aromatic carbocycles. The number of carbonyl (C=O) groups excluding carboxylic acids is 1. The second kappa shape index (κ2) is 8.82. The number of nitro benzene ring substituents is 1. The van der Waals surface area contributed by atoms with Crippen molar-refractivity contribution in [3.63, 3.8) is 0 Å². The lowest BCUT2D eigenvalue weighted by atomic mass is 10.1. The maximum atomic E-state index is 12.4. The molecule has 0 aliphatic carbocycles. The fraction of sp³-hybridized carbons (Fsp3) is 0.111. The topological polar surface area (TPSA) is 114 Å². The lowest BCUT2D eigenvalue weighted by Gasteiger charge is -2.09. The Hall–Kier alpha value is -3.38. The average Bonchev–Trinajstić information content (AvgIpc) is 2.67. The van der Waals surface area contributed by atoms with Gasteiger partial charge in [0.05, 0.1) is 24.8 Å². The molecule has 1 amide bonds. The zero-order chi connectivity index (χ0) is 20.0. The van der Waals surface area contributed by atoms with E-state index in [0.717, 1.165) is 0 Å². The van der Waals surface area contributed by atoms with Gasteiger partial charge >= 0.3 is 0 Å². The van der Waals surface area contributed by atoms with Crippen molar-refractivity contribution >= 4 is 39.3 Å². The van der Waals surface area contributed by atoms with Crippen LogP contribution in [0, 0.1) is 21.4 Å². The quantitative estimate of drug-likeness (QED) is 0.320. The van der Waals surface area contributed by atoms with Gasteiger partial charge in [0.25, 0.3) is 11.6 Å². The minimum Gasteiger partial charge on any atom is -0.497 e. The van der Waals surface area contributed by atoms with Gasteiger partial charge in [-0.15, -0.1) is 0 Å². The fourth-order valence-electron chi connectivity index (χ4n) is 2.15. The number of carbonyl (C=O) groups is 1. The van der Waals surface area contributed by atoms with E-state index in [4.69, 9.17) is 9.47 Å². The van der Waals surface area contributed by atoms with Crippen LogP contribution in [0.5, 0.6) is 11.5 Å². The number of ether oxygens (including phenoxy) is 2. The zero-order valence-electron chi connectivity index (χ0n) is 14.4. The standard InChI is InChI=1S/C18H14BrN3O5/c1-26-14-5-3-11(17(9-14)27-2)7-12(10-20)18(23)21-16-6-4-13(22(24)25)8-15(16)19/h3-9H,1-2H3,(H,21,23)/b12-7+. The molecule has 0 saturated carbocycles. The Balaban J connectivity index is 2.30. The molecule has 2 aromatic rings. The van der Waals surface area contributed by atoms with Gasteiger partial charge in [-0.1, -0.05) is 0 Å². The van der Waals surface area contributed by atoms with Crippen molar-refractivity contribution in [2.45, 2.75) is 0 Å². The Morgan fingerprint density at radius 2 is 2.00 bits per heavy atom. The van der Waals surface area contributed by atoms with Crippen molar-refractivity contribution in [2.24, 2.45) is 0 Å². The molecule has 0 unspecified atom stereocenters. The van der Waals surface area contributed by atoms with Crippen LogP contribution in [0.25, 0.3) is 6.08 Å². The summed E-state index contributed by atoms with van der Waals surface area (Å²) in [5.74, 6) is 0.345. The molecule has 9 heteroatoms. The van der Waals surface area contributed by atoms with Crippen LogP contribution in [-0.2, 0) is 4.79 Å². The first-order valence-corrected chi connectivity index (χ1v) is 8.28. The highest BCUT2D eigenvalue weighted by Crippen LogP contribution is 2.29. The van der Waals surface area contributed by atoms with Gasteiger partial charge in [-0.05, 0) is 40.2 Å². The van der Waals surface area contributed by atoms with Crippen LogP contribution in [0.2, 0.25) is 0 Å². The van der Waals surface area contributed by atoms with Crippen molar-refractivity contribution in [3.05, 3.63) is 62.1 Å². The number of nitrogens with zero attached hydrogens (tertiary/aromatic N) is 2.